The molecule has 7 heteroatoms. The summed E-state index contributed by atoms with van der Waals surface area (Å²) in [6.45, 7) is 1.90. The molecule has 0 spiro atoms. The second-order valence-electron chi connectivity index (χ2n) is 5.48. The van der Waals surface area contributed by atoms with Gasteiger partial charge in [0.15, 0.2) is 0 Å². The Kier molecular flexibility index (Phi) is 4.41. The number of nitrogens with one attached hydrogen (secondary N) is 1. The molecule has 0 aliphatic heterocycles. The van der Waals surface area contributed by atoms with E-state index in [0.29, 0.717) is 0 Å². The molecule has 0 unspecified atom stereocenters. The Hall–Kier alpha value is -2.93. The van der Waals surface area contributed by atoms with Crippen LogP contribution in [0, 0.1) is 12.7 Å². The molecule has 0 radical (unpaired) electrons. The van der Waals surface area contributed by atoms with Gasteiger partial charge in [-0.25, -0.2) is 17.5 Å². The van der Waals surface area contributed by atoms with Crippen LogP contribution in [0.2, 0.25) is 0 Å². The number of benzene rings is 2. The van der Waals surface area contributed by atoms with Crippen molar-refractivity contribution in [2.75, 3.05) is 0 Å². The van der Waals surface area contributed by atoms with Crippen molar-refractivity contribution in [2.45, 2.75) is 11.8 Å². The van der Waals surface area contributed by atoms with Crippen molar-refractivity contribution in [2.24, 2.45) is 0 Å². The van der Waals surface area contributed by atoms with Gasteiger partial charge in [-0.2, -0.15) is 0 Å². The molecular weight excluding hydrogens is 343 g/mol. The molecule has 128 valence electrons. The Morgan fingerprint density at radius 2 is 1.68 bits per heavy atom. The molecule has 3 aromatic rings. The number of aromatic nitrogens is 1. The number of carbonyl (C=O) groups is 1. The van der Waals surface area contributed by atoms with Gasteiger partial charge in [-0.3, -0.25) is 4.79 Å². The average molecular weight is 358 g/mol. The van der Waals surface area contributed by atoms with Crippen LogP contribution in [0.3, 0.4) is 0 Å². The number of aryl methyl sites for hydroxylation is 1. The van der Waals surface area contributed by atoms with Crippen molar-refractivity contribution >= 4 is 15.9 Å². The minimum atomic E-state index is -4.07. The number of rotatable bonds is 4. The molecule has 3 rings (SSSR count). The zero-order valence-corrected chi connectivity index (χ0v) is 14.1. The first-order valence-corrected chi connectivity index (χ1v) is 8.92. The molecule has 0 fully saturated rings. The molecule has 1 aromatic heterocycles. The predicted octanol–water partition coefficient (Wildman–Crippen LogP) is 3.04. The molecule has 0 saturated carbocycles. The first kappa shape index (κ1) is 16.9. The number of halogens is 1. The van der Waals surface area contributed by atoms with Gasteiger partial charge in [0.05, 0.1) is 4.90 Å². The van der Waals surface area contributed by atoms with E-state index >= 15 is 0 Å². The van der Waals surface area contributed by atoms with Gasteiger partial charge in [-0.15, -0.1) is 0 Å². The summed E-state index contributed by atoms with van der Waals surface area (Å²) in [5.74, 6) is -1.31. The quantitative estimate of drug-likeness (QED) is 0.779. The van der Waals surface area contributed by atoms with Gasteiger partial charge in [-0.1, -0.05) is 6.07 Å². The lowest BCUT2D eigenvalue weighted by atomic mass is 10.1. The topological polar surface area (TPSA) is 68.2 Å². The predicted molar refractivity (Wildman–Crippen MR) is 91.6 cm³/mol. The fourth-order valence-corrected chi connectivity index (χ4v) is 3.35. The summed E-state index contributed by atoms with van der Waals surface area (Å²) in [4.78, 5) is 12.2. The van der Waals surface area contributed by atoms with Crippen LogP contribution in [0.4, 0.5) is 4.39 Å². The van der Waals surface area contributed by atoms with E-state index in [1.165, 1.54) is 0 Å². The second-order valence-corrected chi connectivity index (χ2v) is 7.16. The largest absolute Gasteiger partial charge is 0.324 e. The number of sulfonamides is 1. The lowest BCUT2D eigenvalue weighted by molar-refractivity contribution is 0.0981. The highest BCUT2D eigenvalue weighted by Crippen LogP contribution is 2.17. The van der Waals surface area contributed by atoms with Crippen LogP contribution in [0.1, 0.15) is 15.9 Å². The Bertz CT molecular complexity index is 1010. The van der Waals surface area contributed by atoms with Crippen molar-refractivity contribution in [3.05, 3.63) is 83.9 Å². The maximum atomic E-state index is 12.9. The Morgan fingerprint density at radius 3 is 2.32 bits per heavy atom. The lowest BCUT2D eigenvalue weighted by Crippen LogP contribution is -2.30. The summed E-state index contributed by atoms with van der Waals surface area (Å²) in [5.41, 5.74) is 1.92. The van der Waals surface area contributed by atoms with E-state index in [9.17, 15) is 17.6 Å². The smallest absolute Gasteiger partial charge is 0.265 e. The van der Waals surface area contributed by atoms with Gasteiger partial charge in [0.1, 0.15) is 5.82 Å². The maximum Gasteiger partial charge on any atom is 0.265 e. The summed E-state index contributed by atoms with van der Waals surface area (Å²) in [6, 6.07) is 12.9. The van der Waals surface area contributed by atoms with E-state index in [2.05, 4.69) is 0 Å². The van der Waals surface area contributed by atoms with Crippen molar-refractivity contribution in [3.63, 3.8) is 0 Å². The third kappa shape index (κ3) is 3.61. The first-order chi connectivity index (χ1) is 11.9. The van der Waals surface area contributed by atoms with Crippen LogP contribution >= 0.6 is 0 Å². The number of nitrogens with zero attached hydrogens (tertiary/aromatic N) is 1. The lowest BCUT2D eigenvalue weighted by Gasteiger charge is -2.11. The molecule has 1 heterocycles. The summed E-state index contributed by atoms with van der Waals surface area (Å²) in [6.07, 6.45) is 3.67. The van der Waals surface area contributed by atoms with Crippen molar-refractivity contribution in [1.29, 1.82) is 0 Å². The summed E-state index contributed by atoms with van der Waals surface area (Å²) >= 11 is 0. The number of carbonyl (C=O) groups excluding carboxylic acids is 1. The van der Waals surface area contributed by atoms with Crippen LogP contribution < -0.4 is 4.72 Å². The molecule has 1 amide bonds. The second kappa shape index (κ2) is 6.52. The molecule has 2 aromatic carbocycles. The minimum Gasteiger partial charge on any atom is -0.324 e. The molecule has 0 bridgehead atoms. The van der Waals surface area contributed by atoms with E-state index in [4.69, 9.17) is 0 Å². The van der Waals surface area contributed by atoms with Crippen LogP contribution in [0.25, 0.3) is 5.69 Å². The van der Waals surface area contributed by atoms with Crippen LogP contribution in [0.15, 0.2) is 71.9 Å². The third-order valence-electron chi connectivity index (χ3n) is 3.70. The van der Waals surface area contributed by atoms with E-state index < -0.39 is 21.7 Å². The van der Waals surface area contributed by atoms with Crippen molar-refractivity contribution in [3.8, 4) is 5.69 Å². The molecule has 1 N–H and O–H groups in total. The number of amides is 1. The zero-order valence-electron chi connectivity index (χ0n) is 13.3. The van der Waals surface area contributed by atoms with Gasteiger partial charge in [0, 0.05) is 23.6 Å². The molecular formula is C18H15FN2O3S. The maximum absolute atomic E-state index is 12.9. The fourth-order valence-electron chi connectivity index (χ4n) is 2.38. The van der Waals surface area contributed by atoms with E-state index in [0.717, 1.165) is 35.5 Å². The molecule has 0 aliphatic rings. The van der Waals surface area contributed by atoms with Crippen LogP contribution in [-0.4, -0.2) is 18.9 Å². The summed E-state index contributed by atoms with van der Waals surface area (Å²) in [7, 11) is -4.07. The molecule has 0 atom stereocenters. The van der Waals surface area contributed by atoms with Gasteiger partial charge < -0.3 is 4.57 Å². The molecule has 0 saturated heterocycles. The van der Waals surface area contributed by atoms with E-state index in [1.54, 1.807) is 18.2 Å². The third-order valence-corrected chi connectivity index (χ3v) is 5.05. The van der Waals surface area contributed by atoms with Crippen LogP contribution in [-0.2, 0) is 10.0 Å². The zero-order chi connectivity index (χ0) is 18.0. The standard InChI is InChI=1S/C18H15FN2O3S/c1-13-4-5-14(12-17(13)21-10-2-3-11-21)18(22)20-25(23,24)16-8-6-15(19)7-9-16/h2-12H,1H3,(H,20,22). The molecule has 0 aliphatic carbocycles. The van der Waals surface area contributed by atoms with Crippen LogP contribution in [0.5, 0.6) is 0 Å². The highest BCUT2D eigenvalue weighted by Gasteiger charge is 2.19. The first-order valence-electron chi connectivity index (χ1n) is 7.43. The average Bonchev–Trinajstić information content (AvgIpc) is 3.09. The number of hydrogen-bond acceptors (Lipinski definition) is 3. The summed E-state index contributed by atoms with van der Waals surface area (Å²) in [5, 5.41) is 0. The van der Waals surface area contributed by atoms with Gasteiger partial charge >= 0.3 is 0 Å². The van der Waals surface area contributed by atoms with Gasteiger partial charge in [0.25, 0.3) is 15.9 Å². The normalized spacial score (nSPS) is 11.3. The molecule has 5 nitrogen and oxygen atoms in total. The molecule has 25 heavy (non-hydrogen) atoms. The monoisotopic (exact) mass is 358 g/mol. The Labute approximate surface area is 144 Å². The highest BCUT2D eigenvalue weighted by atomic mass is 32.2. The van der Waals surface area contributed by atoms with Gasteiger partial charge in [-0.05, 0) is 61.0 Å². The SMILES string of the molecule is Cc1ccc(C(=O)NS(=O)(=O)c2ccc(F)cc2)cc1-n1cccc1. The number of hydrogen-bond donors (Lipinski definition) is 1. The van der Waals surface area contributed by atoms with E-state index in [-0.39, 0.29) is 10.5 Å². The Balaban J connectivity index is 1.89. The van der Waals surface area contributed by atoms with E-state index in [1.807, 2.05) is 40.7 Å². The van der Waals surface area contributed by atoms with Crippen molar-refractivity contribution in [1.82, 2.24) is 9.29 Å². The van der Waals surface area contributed by atoms with Gasteiger partial charge in [0.2, 0.25) is 0 Å². The summed E-state index contributed by atoms with van der Waals surface area (Å²) < 4.78 is 41.3. The Morgan fingerprint density at radius 1 is 1.04 bits per heavy atom. The fraction of sp³-hybridized carbons (Fsp3) is 0.0556. The van der Waals surface area contributed by atoms with Crippen molar-refractivity contribution < 1.29 is 17.6 Å². The minimum absolute atomic E-state index is 0.181. The highest BCUT2D eigenvalue weighted by molar-refractivity contribution is 7.90.